The standard InChI is InChI=1S/C35H40Cl2N6O7/c1-5-18(3)26(40-34(48)49-17-20-10-8-7-9-11-20)30(44)42-35(13-12-25-23(16-35)22-14-21(36)15-24(37)28(22)38-25)33(47)39-27(19(4)6-2)31-41-29(32(45)46)43-50-31/h7-11,14-15,18-19,26-27,38H,5-6,12-13,16-17H2,1-4H3,(H,39,47)(H,40,48)(H,42,44)(H,45,46)/t18?,19?,26-,27-,35-/m0/s1. The van der Waals surface area contributed by atoms with Gasteiger partial charge >= 0.3 is 12.1 Å². The van der Waals surface area contributed by atoms with E-state index in [2.05, 4.69) is 31.1 Å². The highest BCUT2D eigenvalue weighted by atomic mass is 35.5. The summed E-state index contributed by atoms with van der Waals surface area (Å²) in [4.78, 5) is 60.8. The predicted molar refractivity (Wildman–Crippen MR) is 186 cm³/mol. The highest BCUT2D eigenvalue weighted by Crippen LogP contribution is 2.39. The van der Waals surface area contributed by atoms with Crippen LogP contribution in [-0.4, -0.2) is 55.7 Å². The number of alkyl carbamates (subject to hydrolysis) is 1. The Hall–Kier alpha value is -4.62. The molecule has 0 bridgehead atoms. The van der Waals surface area contributed by atoms with Gasteiger partial charge in [-0.3, -0.25) is 9.59 Å². The molecule has 2 heterocycles. The quantitative estimate of drug-likeness (QED) is 0.108. The number of hydrogen-bond acceptors (Lipinski definition) is 8. The van der Waals surface area contributed by atoms with E-state index in [9.17, 15) is 24.3 Å². The molecule has 5 atom stereocenters. The van der Waals surface area contributed by atoms with Gasteiger partial charge in [0, 0.05) is 22.5 Å². The zero-order chi connectivity index (χ0) is 36.2. The van der Waals surface area contributed by atoms with Gasteiger partial charge in [-0.15, -0.1) is 0 Å². The smallest absolute Gasteiger partial charge is 0.408 e. The number of nitrogens with one attached hydrogen (secondary N) is 4. The number of carbonyl (C=O) groups is 4. The predicted octanol–water partition coefficient (Wildman–Crippen LogP) is 6.14. The summed E-state index contributed by atoms with van der Waals surface area (Å²) < 4.78 is 10.7. The molecule has 15 heteroatoms. The third kappa shape index (κ3) is 7.89. The van der Waals surface area contributed by atoms with Crippen molar-refractivity contribution in [2.24, 2.45) is 11.8 Å². The number of nitrogens with zero attached hydrogens (tertiary/aromatic N) is 2. The molecule has 0 saturated heterocycles. The number of halogens is 2. The van der Waals surface area contributed by atoms with Gasteiger partial charge in [-0.25, -0.2) is 9.59 Å². The lowest BCUT2D eigenvalue weighted by Gasteiger charge is -2.39. The van der Waals surface area contributed by atoms with Crippen LogP contribution in [0.3, 0.4) is 0 Å². The number of aromatic carboxylic acids is 1. The summed E-state index contributed by atoms with van der Waals surface area (Å²) in [6.07, 6.45) is 0.938. The topological polar surface area (TPSA) is 189 Å². The summed E-state index contributed by atoms with van der Waals surface area (Å²) in [5.41, 5.74) is 1.52. The number of aromatic nitrogens is 3. The summed E-state index contributed by atoms with van der Waals surface area (Å²) in [6.45, 7) is 7.49. The van der Waals surface area contributed by atoms with Crippen LogP contribution in [0, 0.1) is 11.8 Å². The van der Waals surface area contributed by atoms with Crippen molar-refractivity contribution < 1.29 is 33.5 Å². The lowest BCUT2D eigenvalue weighted by Crippen LogP contribution is -2.65. The largest absolute Gasteiger partial charge is 0.475 e. The maximum atomic E-state index is 14.6. The van der Waals surface area contributed by atoms with Crippen molar-refractivity contribution >= 4 is 58.0 Å². The number of H-pyrrole nitrogens is 1. The van der Waals surface area contributed by atoms with Crippen molar-refractivity contribution in [3.63, 3.8) is 0 Å². The van der Waals surface area contributed by atoms with Crippen molar-refractivity contribution in [2.75, 3.05) is 0 Å². The molecule has 2 aromatic carbocycles. The lowest BCUT2D eigenvalue weighted by molar-refractivity contribution is -0.136. The molecule has 266 valence electrons. The van der Waals surface area contributed by atoms with Crippen LogP contribution in [0.25, 0.3) is 10.9 Å². The Morgan fingerprint density at radius 2 is 1.78 bits per heavy atom. The second kappa shape index (κ2) is 15.5. The van der Waals surface area contributed by atoms with E-state index in [-0.39, 0.29) is 37.2 Å². The summed E-state index contributed by atoms with van der Waals surface area (Å²) in [5.74, 6) is -3.70. The molecule has 50 heavy (non-hydrogen) atoms. The van der Waals surface area contributed by atoms with Gasteiger partial charge in [0.15, 0.2) is 0 Å². The molecular formula is C35H40Cl2N6O7. The van der Waals surface area contributed by atoms with Gasteiger partial charge in [-0.2, -0.15) is 4.98 Å². The number of carboxylic acid groups (broad SMARTS) is 1. The monoisotopic (exact) mass is 726 g/mol. The Balaban J connectivity index is 1.49. The lowest BCUT2D eigenvalue weighted by atomic mass is 9.78. The Labute approximate surface area is 298 Å². The molecule has 1 aliphatic carbocycles. The van der Waals surface area contributed by atoms with E-state index in [1.165, 1.54) is 0 Å². The van der Waals surface area contributed by atoms with Crippen LogP contribution < -0.4 is 16.0 Å². The zero-order valence-electron chi connectivity index (χ0n) is 28.1. The fourth-order valence-electron chi connectivity index (χ4n) is 6.15. The first kappa shape index (κ1) is 36.7. The van der Waals surface area contributed by atoms with Crippen LogP contribution in [0.5, 0.6) is 0 Å². The molecular weight excluding hydrogens is 687 g/mol. The zero-order valence-corrected chi connectivity index (χ0v) is 29.7. The number of hydrogen-bond donors (Lipinski definition) is 5. The first-order valence-corrected chi connectivity index (χ1v) is 17.3. The summed E-state index contributed by atoms with van der Waals surface area (Å²) in [6, 6.07) is 10.6. The van der Waals surface area contributed by atoms with Gasteiger partial charge < -0.3 is 35.3 Å². The van der Waals surface area contributed by atoms with Crippen molar-refractivity contribution in [2.45, 2.75) is 84.0 Å². The molecule has 0 radical (unpaired) electrons. The van der Waals surface area contributed by atoms with E-state index in [1.54, 1.807) is 12.1 Å². The normalized spacial score (nSPS) is 18.0. The number of ether oxygens (including phenoxy) is 1. The fraction of sp³-hybridized carbons (Fsp3) is 0.429. The maximum absolute atomic E-state index is 14.6. The molecule has 4 aromatic rings. The highest BCUT2D eigenvalue weighted by molar-refractivity contribution is 6.38. The molecule has 3 amide bonds. The first-order valence-electron chi connectivity index (χ1n) is 16.5. The van der Waals surface area contributed by atoms with Gasteiger partial charge in [-0.1, -0.05) is 94.1 Å². The highest BCUT2D eigenvalue weighted by Gasteiger charge is 2.47. The van der Waals surface area contributed by atoms with Crippen LogP contribution in [0.15, 0.2) is 47.0 Å². The minimum absolute atomic E-state index is 0.0125. The van der Waals surface area contributed by atoms with Gasteiger partial charge in [0.1, 0.15) is 24.2 Å². The number of carboxylic acids is 1. The Morgan fingerprint density at radius 3 is 2.44 bits per heavy atom. The fourth-order valence-corrected chi connectivity index (χ4v) is 6.69. The van der Waals surface area contributed by atoms with Gasteiger partial charge in [0.2, 0.25) is 17.7 Å². The van der Waals surface area contributed by atoms with Crippen LogP contribution >= 0.6 is 23.2 Å². The third-order valence-corrected chi connectivity index (χ3v) is 9.99. The molecule has 0 saturated carbocycles. The summed E-state index contributed by atoms with van der Waals surface area (Å²) in [7, 11) is 0. The van der Waals surface area contributed by atoms with Crippen molar-refractivity contribution in [3.05, 3.63) is 81.0 Å². The van der Waals surface area contributed by atoms with E-state index < -0.39 is 47.3 Å². The van der Waals surface area contributed by atoms with E-state index in [0.29, 0.717) is 40.2 Å². The summed E-state index contributed by atoms with van der Waals surface area (Å²) in [5, 5.41) is 23.2. The van der Waals surface area contributed by atoms with Crippen molar-refractivity contribution in [1.29, 1.82) is 0 Å². The van der Waals surface area contributed by atoms with E-state index >= 15 is 0 Å². The molecule has 5 N–H and O–H groups in total. The average molecular weight is 728 g/mol. The van der Waals surface area contributed by atoms with E-state index in [0.717, 1.165) is 16.8 Å². The SMILES string of the molecule is CCC(C)[C@H](NC(=O)OCc1ccccc1)C(=O)N[C@@]1(C(=O)N[C@H](c2nc(C(=O)O)no2)C(C)CC)CCc2[nH]c3c(Cl)cc(Cl)cc3c2C1. The number of aryl methyl sites for hydroxylation is 1. The Bertz CT molecular complexity index is 1880. The van der Waals surface area contributed by atoms with Gasteiger partial charge in [0.25, 0.3) is 5.82 Å². The van der Waals surface area contributed by atoms with E-state index in [4.69, 9.17) is 32.5 Å². The Kier molecular flexibility index (Phi) is 11.4. The molecule has 0 fully saturated rings. The molecule has 1 aliphatic rings. The Morgan fingerprint density at radius 1 is 1.06 bits per heavy atom. The number of amides is 3. The average Bonchev–Trinajstić information content (AvgIpc) is 3.74. The van der Waals surface area contributed by atoms with Crippen molar-refractivity contribution in [3.8, 4) is 0 Å². The number of carbonyl (C=O) groups excluding carboxylic acids is 3. The first-order chi connectivity index (χ1) is 23.8. The van der Waals surface area contributed by atoms with Gasteiger partial charge in [-0.05, 0) is 53.1 Å². The number of aromatic amines is 1. The summed E-state index contributed by atoms with van der Waals surface area (Å²) >= 11 is 12.9. The molecule has 0 spiro atoms. The van der Waals surface area contributed by atoms with Crippen LogP contribution in [0.4, 0.5) is 4.79 Å². The maximum Gasteiger partial charge on any atom is 0.408 e. The number of fused-ring (bicyclic) bond motifs is 3. The molecule has 2 aromatic heterocycles. The van der Waals surface area contributed by atoms with Crippen LogP contribution in [0.2, 0.25) is 10.0 Å². The minimum atomic E-state index is -1.53. The van der Waals surface area contributed by atoms with Crippen LogP contribution in [-0.2, 0) is 33.8 Å². The number of rotatable bonds is 13. The number of benzene rings is 2. The molecule has 2 unspecified atom stereocenters. The van der Waals surface area contributed by atoms with E-state index in [1.807, 2.05) is 58.0 Å². The molecule has 0 aliphatic heterocycles. The molecule has 13 nitrogen and oxygen atoms in total. The second-order valence-electron chi connectivity index (χ2n) is 12.8. The van der Waals surface area contributed by atoms with Crippen LogP contribution in [0.1, 0.15) is 86.3 Å². The second-order valence-corrected chi connectivity index (χ2v) is 13.7. The van der Waals surface area contributed by atoms with Gasteiger partial charge in [0.05, 0.1) is 10.5 Å². The minimum Gasteiger partial charge on any atom is -0.475 e. The van der Waals surface area contributed by atoms with Crippen molar-refractivity contribution in [1.82, 2.24) is 31.1 Å². The third-order valence-electron chi connectivity index (χ3n) is 9.48. The molecule has 5 rings (SSSR count).